The van der Waals surface area contributed by atoms with Crippen molar-refractivity contribution in [3.8, 4) is 0 Å². The van der Waals surface area contributed by atoms with Crippen molar-refractivity contribution in [1.82, 2.24) is 9.97 Å². The maximum atomic E-state index is 10.5. The van der Waals surface area contributed by atoms with E-state index in [1.807, 2.05) is 4.98 Å². The van der Waals surface area contributed by atoms with Gasteiger partial charge in [0.05, 0.1) is 0 Å². The third kappa shape index (κ3) is 2.68. The van der Waals surface area contributed by atoms with Crippen molar-refractivity contribution >= 4 is 16.1 Å². The van der Waals surface area contributed by atoms with E-state index in [2.05, 4.69) is 4.98 Å². The number of hydrogen-bond donors (Lipinski definition) is 3. The molecule has 0 amide bonds. The fourth-order valence-corrected chi connectivity index (χ4v) is 0.964. The van der Waals surface area contributed by atoms with E-state index in [1.54, 1.807) is 4.72 Å². The van der Waals surface area contributed by atoms with E-state index in [9.17, 15) is 13.2 Å². The van der Waals surface area contributed by atoms with E-state index in [-0.39, 0.29) is 5.82 Å². The second kappa shape index (κ2) is 2.91. The van der Waals surface area contributed by atoms with Gasteiger partial charge in [0.1, 0.15) is 5.82 Å². The number of H-pyrrole nitrogens is 1. The quantitative estimate of drug-likeness (QED) is 0.518. The van der Waals surface area contributed by atoms with Gasteiger partial charge in [-0.25, -0.2) is 14.5 Å². The van der Waals surface area contributed by atoms with Crippen molar-refractivity contribution in [3.05, 3.63) is 22.7 Å². The highest BCUT2D eigenvalue weighted by molar-refractivity contribution is 7.87. The molecule has 0 spiro atoms. The van der Waals surface area contributed by atoms with Crippen molar-refractivity contribution in [2.75, 3.05) is 4.72 Å². The summed E-state index contributed by atoms with van der Waals surface area (Å²) in [5, 5.41) is 0. The van der Waals surface area contributed by atoms with Crippen molar-refractivity contribution in [2.24, 2.45) is 0 Å². The van der Waals surface area contributed by atoms with E-state index >= 15 is 0 Å². The Bertz CT molecular complexity index is 422. The predicted octanol–water partition coefficient (Wildman–Crippen LogP) is -1.02. The van der Waals surface area contributed by atoms with Gasteiger partial charge in [0.15, 0.2) is 0 Å². The van der Waals surface area contributed by atoms with Crippen LogP contribution in [0.25, 0.3) is 0 Å². The Hall–Kier alpha value is -1.41. The molecule has 0 aromatic carbocycles. The van der Waals surface area contributed by atoms with Crippen LogP contribution in [0.5, 0.6) is 0 Å². The molecule has 0 saturated carbocycles. The van der Waals surface area contributed by atoms with Crippen LogP contribution in [0.2, 0.25) is 0 Å². The van der Waals surface area contributed by atoms with Crippen LogP contribution in [0.15, 0.2) is 17.1 Å². The zero-order valence-corrected chi connectivity index (χ0v) is 6.50. The Morgan fingerprint density at radius 2 is 2.25 bits per heavy atom. The van der Waals surface area contributed by atoms with Crippen molar-refractivity contribution in [1.29, 1.82) is 0 Å². The molecule has 0 aliphatic carbocycles. The highest BCUT2D eigenvalue weighted by Crippen LogP contribution is 1.97. The van der Waals surface area contributed by atoms with Crippen LogP contribution in [0.1, 0.15) is 0 Å². The normalized spacial score (nSPS) is 11.1. The molecule has 0 saturated heterocycles. The molecular formula is C4H5N3O4S. The molecule has 1 aromatic heterocycles. The Balaban J connectivity index is 2.99. The molecule has 0 aliphatic rings. The summed E-state index contributed by atoms with van der Waals surface area (Å²) < 4.78 is 30.4. The third-order valence-electron chi connectivity index (χ3n) is 0.914. The van der Waals surface area contributed by atoms with E-state index in [0.717, 1.165) is 6.20 Å². The molecule has 0 unspecified atom stereocenters. The first-order valence-electron chi connectivity index (χ1n) is 2.78. The fourth-order valence-electron chi connectivity index (χ4n) is 0.567. The predicted molar refractivity (Wildman–Crippen MR) is 40.0 cm³/mol. The second-order valence-corrected chi connectivity index (χ2v) is 3.02. The number of anilines is 1. The fraction of sp³-hybridized carbons (Fsp3) is 0. The number of rotatable bonds is 2. The van der Waals surface area contributed by atoms with Gasteiger partial charge in [-0.2, -0.15) is 8.42 Å². The van der Waals surface area contributed by atoms with Gasteiger partial charge in [0.25, 0.3) is 0 Å². The van der Waals surface area contributed by atoms with Gasteiger partial charge >= 0.3 is 16.0 Å². The molecule has 0 aliphatic heterocycles. The van der Waals surface area contributed by atoms with Crippen LogP contribution < -0.4 is 10.4 Å². The summed E-state index contributed by atoms with van der Waals surface area (Å²) in [4.78, 5) is 15.8. The standard InChI is InChI=1S/C4H5N3O4S/c8-4-5-2-1-3(6-4)7-12(9,10)11/h1-2H,(H,9,10,11)(H2,5,6,7,8). The summed E-state index contributed by atoms with van der Waals surface area (Å²) in [6.07, 6.45) is 1.10. The van der Waals surface area contributed by atoms with Crippen LogP contribution in [-0.2, 0) is 10.3 Å². The molecular weight excluding hydrogens is 186 g/mol. The average molecular weight is 191 g/mol. The highest BCUT2D eigenvalue weighted by Gasteiger charge is 2.03. The topological polar surface area (TPSA) is 112 Å². The van der Waals surface area contributed by atoms with Gasteiger partial charge in [-0.1, -0.05) is 0 Å². The maximum Gasteiger partial charge on any atom is 0.358 e. The maximum absolute atomic E-state index is 10.5. The minimum Gasteiger partial charge on any atom is -0.291 e. The summed E-state index contributed by atoms with van der Waals surface area (Å²) in [5.74, 6) is -0.141. The van der Waals surface area contributed by atoms with Crippen LogP contribution >= 0.6 is 0 Å². The number of nitrogens with zero attached hydrogens (tertiary/aromatic N) is 1. The first-order chi connectivity index (χ1) is 5.47. The summed E-state index contributed by atoms with van der Waals surface area (Å²) in [5.41, 5.74) is -0.705. The summed E-state index contributed by atoms with van der Waals surface area (Å²) in [6.45, 7) is 0. The van der Waals surface area contributed by atoms with Crippen molar-refractivity contribution < 1.29 is 13.0 Å². The van der Waals surface area contributed by atoms with Gasteiger partial charge in [0, 0.05) is 6.20 Å². The molecule has 0 radical (unpaired) electrons. The minimum absolute atomic E-state index is 0.141. The summed E-state index contributed by atoms with van der Waals surface area (Å²) in [7, 11) is -4.34. The molecule has 0 bridgehead atoms. The zero-order valence-electron chi connectivity index (χ0n) is 5.68. The summed E-state index contributed by atoms with van der Waals surface area (Å²) in [6, 6.07) is 1.19. The first-order valence-corrected chi connectivity index (χ1v) is 4.22. The van der Waals surface area contributed by atoms with Crippen LogP contribution in [0, 0.1) is 0 Å². The molecule has 0 fully saturated rings. The van der Waals surface area contributed by atoms with E-state index in [1.165, 1.54) is 6.07 Å². The molecule has 8 heteroatoms. The van der Waals surface area contributed by atoms with Gasteiger partial charge in [-0.3, -0.25) is 9.54 Å². The van der Waals surface area contributed by atoms with E-state index in [0.29, 0.717) is 0 Å². The number of hydrogen-bond acceptors (Lipinski definition) is 4. The Morgan fingerprint density at radius 1 is 1.58 bits per heavy atom. The molecule has 66 valence electrons. The van der Waals surface area contributed by atoms with E-state index < -0.39 is 16.0 Å². The largest absolute Gasteiger partial charge is 0.358 e. The molecule has 3 N–H and O–H groups in total. The number of aromatic nitrogens is 2. The van der Waals surface area contributed by atoms with Crippen molar-refractivity contribution in [2.45, 2.75) is 0 Å². The lowest BCUT2D eigenvalue weighted by molar-refractivity contribution is 0.489. The Kier molecular flexibility index (Phi) is 2.11. The Labute approximate surface area is 67.3 Å². The van der Waals surface area contributed by atoms with Crippen LogP contribution in [0.3, 0.4) is 0 Å². The minimum atomic E-state index is -4.34. The van der Waals surface area contributed by atoms with Crippen LogP contribution in [0.4, 0.5) is 5.82 Å². The molecule has 1 aromatic rings. The van der Waals surface area contributed by atoms with Gasteiger partial charge in [-0.05, 0) is 6.07 Å². The lowest BCUT2D eigenvalue weighted by Crippen LogP contribution is -2.16. The lowest BCUT2D eigenvalue weighted by Gasteiger charge is -1.99. The summed E-state index contributed by atoms with van der Waals surface area (Å²) >= 11 is 0. The molecule has 1 heterocycles. The van der Waals surface area contributed by atoms with Crippen molar-refractivity contribution in [3.63, 3.8) is 0 Å². The molecule has 7 nitrogen and oxygen atoms in total. The smallest absolute Gasteiger partial charge is 0.291 e. The van der Waals surface area contributed by atoms with Gasteiger partial charge < -0.3 is 0 Å². The monoisotopic (exact) mass is 191 g/mol. The SMILES string of the molecule is O=c1nccc(NS(=O)(=O)O)[nH]1. The Morgan fingerprint density at radius 3 is 2.75 bits per heavy atom. The third-order valence-corrected chi connectivity index (χ3v) is 1.39. The van der Waals surface area contributed by atoms with Gasteiger partial charge in [-0.15, -0.1) is 0 Å². The average Bonchev–Trinajstić information content (AvgIpc) is 1.82. The van der Waals surface area contributed by atoms with Gasteiger partial charge in [0.2, 0.25) is 0 Å². The molecule has 0 atom stereocenters. The lowest BCUT2D eigenvalue weighted by atomic mass is 10.6. The second-order valence-electron chi connectivity index (χ2n) is 1.87. The van der Waals surface area contributed by atoms with E-state index in [4.69, 9.17) is 4.55 Å². The first kappa shape index (κ1) is 8.68. The molecule has 12 heavy (non-hydrogen) atoms. The molecule has 1 rings (SSSR count). The highest BCUT2D eigenvalue weighted by atomic mass is 32.2. The van der Waals surface area contributed by atoms with Crippen LogP contribution in [-0.4, -0.2) is 22.9 Å². The number of aromatic amines is 1. The number of nitrogens with one attached hydrogen (secondary N) is 2. The zero-order chi connectivity index (χ0) is 9.19.